The second kappa shape index (κ2) is 7.31. The summed E-state index contributed by atoms with van der Waals surface area (Å²) in [4.78, 5) is 0. The van der Waals surface area contributed by atoms with Crippen LogP contribution in [0.15, 0.2) is 42.5 Å². The van der Waals surface area contributed by atoms with E-state index >= 15 is 0 Å². The number of hydrogen-bond donors (Lipinski definition) is 2. The summed E-state index contributed by atoms with van der Waals surface area (Å²) in [7, 11) is 1.56. The number of halogens is 1. The van der Waals surface area contributed by atoms with Crippen LogP contribution in [0.5, 0.6) is 11.5 Å². The van der Waals surface area contributed by atoms with Crippen molar-refractivity contribution in [2.45, 2.75) is 12.7 Å². The molecule has 5 heteroatoms. The Morgan fingerprint density at radius 2 is 1.86 bits per heavy atom. The van der Waals surface area contributed by atoms with E-state index in [0.717, 1.165) is 11.1 Å². The number of aliphatic hydroxyl groups excluding tert-OH is 1. The average molecular weight is 308 g/mol. The van der Waals surface area contributed by atoms with Crippen LogP contribution >= 0.6 is 11.6 Å². The van der Waals surface area contributed by atoms with Gasteiger partial charge in [0.25, 0.3) is 0 Å². The highest BCUT2D eigenvalue weighted by molar-refractivity contribution is 6.30. The van der Waals surface area contributed by atoms with Gasteiger partial charge in [-0.1, -0.05) is 29.8 Å². The van der Waals surface area contributed by atoms with Crippen LogP contribution < -0.4 is 15.2 Å². The predicted molar refractivity (Wildman–Crippen MR) is 82.8 cm³/mol. The molecular formula is C16H18ClNO3. The van der Waals surface area contributed by atoms with Crippen molar-refractivity contribution in [3.05, 3.63) is 58.6 Å². The van der Waals surface area contributed by atoms with Crippen LogP contribution in [0, 0.1) is 0 Å². The first kappa shape index (κ1) is 15.6. The number of aliphatic hydroxyl groups is 1. The first-order valence-corrected chi connectivity index (χ1v) is 6.95. The van der Waals surface area contributed by atoms with Crippen molar-refractivity contribution in [1.29, 1.82) is 0 Å². The van der Waals surface area contributed by atoms with Gasteiger partial charge < -0.3 is 20.3 Å². The Hall–Kier alpha value is -1.75. The molecule has 0 heterocycles. The highest BCUT2D eigenvalue weighted by Crippen LogP contribution is 2.32. The highest BCUT2D eigenvalue weighted by Gasteiger charge is 2.14. The van der Waals surface area contributed by atoms with Gasteiger partial charge in [0.1, 0.15) is 6.10 Å². The fraction of sp³-hybridized carbons (Fsp3) is 0.250. The second-order valence-electron chi connectivity index (χ2n) is 4.54. The van der Waals surface area contributed by atoms with Gasteiger partial charge in [-0.25, -0.2) is 0 Å². The Morgan fingerprint density at radius 1 is 1.14 bits per heavy atom. The van der Waals surface area contributed by atoms with Crippen molar-refractivity contribution >= 4 is 11.6 Å². The van der Waals surface area contributed by atoms with E-state index in [4.69, 9.17) is 31.9 Å². The Kier molecular flexibility index (Phi) is 5.44. The monoisotopic (exact) mass is 307 g/mol. The van der Waals surface area contributed by atoms with Gasteiger partial charge in [0.2, 0.25) is 0 Å². The summed E-state index contributed by atoms with van der Waals surface area (Å²) >= 11 is 5.89. The van der Waals surface area contributed by atoms with E-state index in [-0.39, 0.29) is 12.7 Å². The fourth-order valence-electron chi connectivity index (χ4n) is 1.99. The predicted octanol–water partition coefficient (Wildman–Crippen LogP) is 2.92. The Bertz CT molecular complexity index is 587. The van der Waals surface area contributed by atoms with Gasteiger partial charge in [0.05, 0.1) is 13.7 Å². The maximum Gasteiger partial charge on any atom is 0.162 e. The van der Waals surface area contributed by atoms with Gasteiger partial charge in [-0.3, -0.25) is 0 Å². The summed E-state index contributed by atoms with van der Waals surface area (Å²) in [6.45, 7) is 0.278. The first-order chi connectivity index (χ1) is 10.2. The number of rotatable bonds is 6. The molecule has 0 amide bonds. The van der Waals surface area contributed by atoms with Crippen LogP contribution in [0.3, 0.4) is 0 Å². The molecule has 0 aromatic heterocycles. The van der Waals surface area contributed by atoms with E-state index in [1.807, 2.05) is 12.1 Å². The van der Waals surface area contributed by atoms with Crippen LogP contribution in [0.25, 0.3) is 0 Å². The molecule has 0 aliphatic rings. The molecule has 1 atom stereocenters. The number of nitrogens with two attached hydrogens (primary N) is 1. The maximum atomic E-state index is 9.15. The molecule has 0 saturated heterocycles. The van der Waals surface area contributed by atoms with E-state index in [2.05, 4.69) is 0 Å². The van der Waals surface area contributed by atoms with Crippen molar-refractivity contribution < 1.29 is 14.6 Å². The first-order valence-electron chi connectivity index (χ1n) is 6.58. The third-order valence-corrected chi connectivity index (χ3v) is 3.39. The molecule has 2 aromatic carbocycles. The average Bonchev–Trinajstić information content (AvgIpc) is 2.53. The number of ether oxygens (including phenoxy) is 2. The van der Waals surface area contributed by atoms with Crippen molar-refractivity contribution in [3.63, 3.8) is 0 Å². The molecule has 3 N–H and O–H groups in total. The normalized spacial score (nSPS) is 12.0. The van der Waals surface area contributed by atoms with Crippen LogP contribution in [0.2, 0.25) is 5.02 Å². The molecule has 0 spiro atoms. The Labute approximate surface area is 129 Å². The quantitative estimate of drug-likeness (QED) is 0.861. The molecule has 112 valence electrons. The second-order valence-corrected chi connectivity index (χ2v) is 4.97. The number of benzene rings is 2. The molecule has 21 heavy (non-hydrogen) atoms. The lowest BCUT2D eigenvalue weighted by molar-refractivity contribution is 0.204. The molecule has 4 nitrogen and oxygen atoms in total. The van der Waals surface area contributed by atoms with Gasteiger partial charge >= 0.3 is 0 Å². The van der Waals surface area contributed by atoms with Crippen LogP contribution in [0.1, 0.15) is 17.2 Å². The van der Waals surface area contributed by atoms with Gasteiger partial charge in [-0.05, 0) is 35.4 Å². The van der Waals surface area contributed by atoms with E-state index < -0.39 is 0 Å². The SMILES string of the molecule is COc1cc(CO)ccc1OC(CN)c1ccc(Cl)cc1. The van der Waals surface area contributed by atoms with Crippen LogP contribution in [-0.2, 0) is 6.61 Å². The summed E-state index contributed by atoms with van der Waals surface area (Å²) in [5.74, 6) is 1.15. The minimum atomic E-state index is -0.295. The largest absolute Gasteiger partial charge is 0.493 e. The topological polar surface area (TPSA) is 64.7 Å². The molecule has 2 rings (SSSR count). The van der Waals surface area contributed by atoms with E-state index in [1.54, 1.807) is 37.4 Å². The highest BCUT2D eigenvalue weighted by atomic mass is 35.5. The molecule has 0 saturated carbocycles. The van der Waals surface area contributed by atoms with Crippen LogP contribution in [-0.4, -0.2) is 18.8 Å². The maximum absolute atomic E-state index is 9.15. The lowest BCUT2D eigenvalue weighted by Crippen LogP contribution is -2.18. The van der Waals surface area contributed by atoms with Crippen molar-refractivity contribution in [2.24, 2.45) is 5.73 Å². The van der Waals surface area contributed by atoms with E-state index in [9.17, 15) is 0 Å². The number of methoxy groups -OCH3 is 1. The van der Waals surface area contributed by atoms with Gasteiger partial charge in [0, 0.05) is 11.6 Å². The lowest BCUT2D eigenvalue weighted by Gasteiger charge is -2.20. The minimum absolute atomic E-state index is 0.0475. The van der Waals surface area contributed by atoms with Gasteiger partial charge in [0.15, 0.2) is 11.5 Å². The zero-order valence-corrected chi connectivity index (χ0v) is 12.5. The molecule has 0 radical (unpaired) electrons. The zero-order valence-electron chi connectivity index (χ0n) is 11.8. The summed E-state index contributed by atoms with van der Waals surface area (Å²) in [6, 6.07) is 12.7. The summed E-state index contributed by atoms with van der Waals surface area (Å²) in [5, 5.41) is 9.82. The fourth-order valence-corrected chi connectivity index (χ4v) is 2.12. The molecule has 2 aromatic rings. The third kappa shape index (κ3) is 3.88. The molecule has 0 fully saturated rings. The zero-order chi connectivity index (χ0) is 15.2. The summed E-state index contributed by atoms with van der Waals surface area (Å²) < 4.78 is 11.2. The molecular weight excluding hydrogens is 290 g/mol. The molecule has 0 bridgehead atoms. The van der Waals surface area contributed by atoms with Crippen LogP contribution in [0.4, 0.5) is 0 Å². The summed E-state index contributed by atoms with van der Waals surface area (Å²) in [6.07, 6.45) is -0.295. The number of hydrogen-bond acceptors (Lipinski definition) is 4. The molecule has 0 aliphatic carbocycles. The standard InChI is InChI=1S/C16H18ClNO3/c1-20-15-8-11(10-19)2-7-14(15)21-16(9-18)12-3-5-13(17)6-4-12/h2-8,16,19H,9-10,18H2,1H3. The lowest BCUT2D eigenvalue weighted by atomic mass is 10.1. The van der Waals surface area contributed by atoms with Gasteiger partial charge in [-0.2, -0.15) is 0 Å². The van der Waals surface area contributed by atoms with E-state index in [0.29, 0.717) is 23.1 Å². The van der Waals surface area contributed by atoms with E-state index in [1.165, 1.54) is 0 Å². The molecule has 1 unspecified atom stereocenters. The Balaban J connectivity index is 2.24. The van der Waals surface area contributed by atoms with Crippen molar-refractivity contribution in [3.8, 4) is 11.5 Å². The minimum Gasteiger partial charge on any atom is -0.493 e. The Morgan fingerprint density at radius 3 is 2.43 bits per heavy atom. The van der Waals surface area contributed by atoms with Crippen molar-refractivity contribution in [1.82, 2.24) is 0 Å². The molecule has 0 aliphatic heterocycles. The third-order valence-electron chi connectivity index (χ3n) is 3.14. The smallest absolute Gasteiger partial charge is 0.162 e. The van der Waals surface area contributed by atoms with Gasteiger partial charge in [-0.15, -0.1) is 0 Å². The van der Waals surface area contributed by atoms with Crippen molar-refractivity contribution in [2.75, 3.05) is 13.7 Å². The summed E-state index contributed by atoms with van der Waals surface area (Å²) in [5.41, 5.74) is 7.50.